The van der Waals surface area contributed by atoms with E-state index in [0.717, 1.165) is 6.07 Å². The van der Waals surface area contributed by atoms with E-state index < -0.39 is 17.7 Å². The molecule has 3 nitrogen and oxygen atoms in total. The van der Waals surface area contributed by atoms with Gasteiger partial charge >= 0.3 is 0 Å². The van der Waals surface area contributed by atoms with Crippen LogP contribution in [0.1, 0.15) is 17.2 Å². The van der Waals surface area contributed by atoms with E-state index in [0.29, 0.717) is 35.8 Å². The van der Waals surface area contributed by atoms with Crippen molar-refractivity contribution in [2.45, 2.75) is 12.5 Å². The second-order valence-corrected chi connectivity index (χ2v) is 4.87. The van der Waals surface area contributed by atoms with Crippen molar-refractivity contribution in [3.63, 3.8) is 0 Å². The molecule has 0 spiro atoms. The highest BCUT2D eigenvalue weighted by molar-refractivity contribution is 5.48. The monoisotopic (exact) mass is 292 g/mol. The van der Waals surface area contributed by atoms with E-state index in [-0.39, 0.29) is 6.42 Å². The Morgan fingerprint density at radius 3 is 2.52 bits per heavy atom. The van der Waals surface area contributed by atoms with Crippen LogP contribution in [0, 0.1) is 11.6 Å². The SMILES string of the molecule is OC(Cc1cc(F)cc(F)c1)c1cccc2c1OCCO2. The quantitative estimate of drug-likeness (QED) is 0.945. The lowest BCUT2D eigenvalue weighted by Crippen LogP contribution is -2.17. The number of halogens is 2. The van der Waals surface area contributed by atoms with Crippen LogP contribution >= 0.6 is 0 Å². The molecule has 110 valence electrons. The first kappa shape index (κ1) is 13.8. The maximum Gasteiger partial charge on any atom is 0.167 e. The molecule has 1 N–H and O–H groups in total. The number of aliphatic hydroxyl groups is 1. The van der Waals surface area contributed by atoms with E-state index in [4.69, 9.17) is 9.47 Å². The first-order chi connectivity index (χ1) is 10.1. The third-order valence-electron chi connectivity index (χ3n) is 3.31. The molecular weight excluding hydrogens is 278 g/mol. The summed E-state index contributed by atoms with van der Waals surface area (Å²) in [5.74, 6) is -0.255. The Morgan fingerprint density at radius 2 is 1.76 bits per heavy atom. The lowest BCUT2D eigenvalue weighted by atomic mass is 10.00. The summed E-state index contributed by atoms with van der Waals surface area (Å²) in [6, 6.07) is 8.44. The second kappa shape index (κ2) is 5.69. The van der Waals surface area contributed by atoms with Crippen molar-refractivity contribution in [2.24, 2.45) is 0 Å². The molecule has 1 aliphatic heterocycles. The van der Waals surface area contributed by atoms with Crippen molar-refractivity contribution in [2.75, 3.05) is 13.2 Å². The Hall–Kier alpha value is -2.14. The molecule has 1 heterocycles. The normalized spacial score (nSPS) is 14.8. The highest BCUT2D eigenvalue weighted by atomic mass is 19.1. The fourth-order valence-electron chi connectivity index (χ4n) is 2.42. The van der Waals surface area contributed by atoms with Gasteiger partial charge in [0.25, 0.3) is 0 Å². The van der Waals surface area contributed by atoms with E-state index in [1.807, 2.05) is 0 Å². The molecule has 0 radical (unpaired) electrons. The van der Waals surface area contributed by atoms with E-state index in [1.165, 1.54) is 12.1 Å². The number of hydrogen-bond acceptors (Lipinski definition) is 3. The molecule has 0 saturated heterocycles. The highest BCUT2D eigenvalue weighted by Crippen LogP contribution is 2.37. The van der Waals surface area contributed by atoms with E-state index in [2.05, 4.69) is 0 Å². The predicted octanol–water partition coefficient (Wildman–Crippen LogP) is 3.01. The maximum atomic E-state index is 13.2. The highest BCUT2D eigenvalue weighted by Gasteiger charge is 2.21. The molecule has 2 aromatic carbocycles. The number of para-hydroxylation sites is 1. The third kappa shape index (κ3) is 2.97. The molecule has 1 aliphatic rings. The van der Waals surface area contributed by atoms with E-state index in [9.17, 15) is 13.9 Å². The molecule has 1 atom stereocenters. The van der Waals surface area contributed by atoms with Crippen LogP contribution in [-0.2, 0) is 6.42 Å². The number of ether oxygens (including phenoxy) is 2. The molecule has 0 aromatic heterocycles. The minimum Gasteiger partial charge on any atom is -0.486 e. The minimum absolute atomic E-state index is 0.0918. The van der Waals surface area contributed by atoms with E-state index in [1.54, 1.807) is 18.2 Å². The van der Waals surface area contributed by atoms with Crippen LogP contribution in [0.15, 0.2) is 36.4 Å². The van der Waals surface area contributed by atoms with Crippen molar-refractivity contribution in [1.82, 2.24) is 0 Å². The van der Waals surface area contributed by atoms with Gasteiger partial charge in [0, 0.05) is 18.1 Å². The topological polar surface area (TPSA) is 38.7 Å². The summed E-state index contributed by atoms with van der Waals surface area (Å²) in [4.78, 5) is 0. The first-order valence-corrected chi connectivity index (χ1v) is 6.65. The van der Waals surface area contributed by atoms with Gasteiger partial charge < -0.3 is 14.6 Å². The molecule has 21 heavy (non-hydrogen) atoms. The summed E-state index contributed by atoms with van der Waals surface area (Å²) < 4.78 is 37.3. The molecule has 3 rings (SSSR count). The molecule has 0 aliphatic carbocycles. The van der Waals surface area contributed by atoms with Crippen LogP contribution in [0.3, 0.4) is 0 Å². The van der Waals surface area contributed by atoms with E-state index >= 15 is 0 Å². The van der Waals surface area contributed by atoms with Gasteiger partial charge in [0.1, 0.15) is 24.8 Å². The van der Waals surface area contributed by atoms with Gasteiger partial charge in [-0.2, -0.15) is 0 Å². The van der Waals surface area contributed by atoms with Crippen molar-refractivity contribution >= 4 is 0 Å². The molecule has 0 saturated carbocycles. The van der Waals surface area contributed by atoms with Gasteiger partial charge in [-0.15, -0.1) is 0 Å². The van der Waals surface area contributed by atoms with Gasteiger partial charge in [-0.25, -0.2) is 8.78 Å². The van der Waals surface area contributed by atoms with Crippen LogP contribution in [0.4, 0.5) is 8.78 Å². The average molecular weight is 292 g/mol. The Kier molecular flexibility index (Phi) is 3.75. The Balaban J connectivity index is 1.87. The number of hydrogen-bond donors (Lipinski definition) is 1. The van der Waals surface area contributed by atoms with Crippen molar-refractivity contribution in [3.05, 3.63) is 59.2 Å². The number of benzene rings is 2. The van der Waals surface area contributed by atoms with Crippen LogP contribution in [0.25, 0.3) is 0 Å². The Morgan fingerprint density at radius 1 is 1.05 bits per heavy atom. The zero-order chi connectivity index (χ0) is 14.8. The summed E-state index contributed by atoms with van der Waals surface area (Å²) in [6.07, 6.45) is -0.836. The smallest absolute Gasteiger partial charge is 0.167 e. The fraction of sp³-hybridized carbons (Fsp3) is 0.250. The molecule has 5 heteroatoms. The first-order valence-electron chi connectivity index (χ1n) is 6.65. The zero-order valence-electron chi connectivity index (χ0n) is 11.2. The minimum atomic E-state index is -0.928. The summed E-state index contributed by atoms with van der Waals surface area (Å²) in [6.45, 7) is 0.868. The lowest BCUT2D eigenvalue weighted by molar-refractivity contribution is 0.146. The molecule has 0 bridgehead atoms. The van der Waals surface area contributed by atoms with Gasteiger partial charge in [0.2, 0.25) is 0 Å². The lowest BCUT2D eigenvalue weighted by Gasteiger charge is -2.23. The Bertz CT molecular complexity index is 638. The van der Waals surface area contributed by atoms with Crippen molar-refractivity contribution in [1.29, 1.82) is 0 Å². The van der Waals surface area contributed by atoms with Crippen molar-refractivity contribution < 1.29 is 23.4 Å². The number of aliphatic hydroxyl groups excluding tert-OH is 1. The molecule has 0 amide bonds. The molecule has 2 aromatic rings. The van der Waals surface area contributed by atoms with Gasteiger partial charge in [-0.1, -0.05) is 12.1 Å². The molecule has 1 unspecified atom stereocenters. The average Bonchev–Trinajstić information content (AvgIpc) is 2.45. The maximum absolute atomic E-state index is 13.2. The van der Waals surface area contributed by atoms with Gasteiger partial charge in [0.05, 0.1) is 6.10 Å². The van der Waals surface area contributed by atoms with Gasteiger partial charge in [-0.3, -0.25) is 0 Å². The van der Waals surface area contributed by atoms with Crippen LogP contribution in [0.5, 0.6) is 11.5 Å². The zero-order valence-corrected chi connectivity index (χ0v) is 11.2. The third-order valence-corrected chi connectivity index (χ3v) is 3.31. The van der Waals surface area contributed by atoms with Crippen LogP contribution in [-0.4, -0.2) is 18.3 Å². The summed E-state index contributed by atoms with van der Waals surface area (Å²) in [7, 11) is 0. The molecular formula is C16H14F2O3. The van der Waals surface area contributed by atoms with Crippen LogP contribution in [0.2, 0.25) is 0 Å². The largest absolute Gasteiger partial charge is 0.486 e. The van der Waals surface area contributed by atoms with Crippen LogP contribution < -0.4 is 9.47 Å². The van der Waals surface area contributed by atoms with Crippen molar-refractivity contribution in [3.8, 4) is 11.5 Å². The number of rotatable bonds is 3. The summed E-state index contributed by atoms with van der Waals surface area (Å²) in [5, 5.41) is 10.3. The standard InChI is InChI=1S/C16H14F2O3/c17-11-6-10(7-12(18)9-11)8-14(19)13-2-1-3-15-16(13)21-5-4-20-15/h1-3,6-7,9,14,19H,4-5,8H2. The predicted molar refractivity (Wildman–Crippen MR) is 72.5 cm³/mol. The molecule has 0 fully saturated rings. The Labute approximate surface area is 120 Å². The number of fused-ring (bicyclic) bond motifs is 1. The fourth-order valence-corrected chi connectivity index (χ4v) is 2.42. The van der Waals surface area contributed by atoms with Gasteiger partial charge in [-0.05, 0) is 23.8 Å². The van der Waals surface area contributed by atoms with Gasteiger partial charge in [0.15, 0.2) is 11.5 Å². The summed E-state index contributed by atoms with van der Waals surface area (Å²) >= 11 is 0. The second-order valence-electron chi connectivity index (χ2n) is 4.87. The summed E-state index contributed by atoms with van der Waals surface area (Å²) in [5.41, 5.74) is 0.936.